The lowest BCUT2D eigenvalue weighted by molar-refractivity contribution is -0.146. The zero-order valence-electron chi connectivity index (χ0n) is 20.2. The van der Waals surface area contributed by atoms with E-state index in [1.807, 2.05) is 49.4 Å². The molecule has 188 valence electrons. The van der Waals surface area contributed by atoms with Gasteiger partial charge in [0, 0.05) is 10.2 Å². The largest absolute Gasteiger partial charge is 0.493 e. The standard InChI is InChI=1S/C26H28BrN5O4/c1-16-23(25(33)36-20-9-4-3-5-10-20)24(32-26(28-16)29-30-31-32)18-11-12-21(22(14-18)34-2)35-15-17-7-6-8-19(27)13-17/h6-8,11-14,20,24H,3-5,9-10,15H2,1-2H3,(H,28,29,31). The number of nitrogens with zero attached hydrogens (tertiary/aromatic N) is 4. The maximum absolute atomic E-state index is 13.4. The molecule has 1 aliphatic heterocycles. The Balaban J connectivity index is 1.44. The second-order valence-corrected chi connectivity index (χ2v) is 9.92. The van der Waals surface area contributed by atoms with Gasteiger partial charge in [0.25, 0.3) is 0 Å². The van der Waals surface area contributed by atoms with Crippen molar-refractivity contribution in [1.29, 1.82) is 0 Å². The van der Waals surface area contributed by atoms with Gasteiger partial charge in [0.05, 0.1) is 12.7 Å². The number of carbonyl (C=O) groups excluding carboxylic acids is 1. The zero-order valence-corrected chi connectivity index (χ0v) is 21.8. The molecule has 5 rings (SSSR count). The van der Waals surface area contributed by atoms with Crippen molar-refractivity contribution in [3.8, 4) is 11.5 Å². The summed E-state index contributed by atoms with van der Waals surface area (Å²) in [6, 6.07) is 13.0. The number of nitrogens with one attached hydrogen (secondary N) is 1. The van der Waals surface area contributed by atoms with Crippen LogP contribution in [0.1, 0.15) is 56.2 Å². The summed E-state index contributed by atoms with van der Waals surface area (Å²) in [5, 5.41) is 15.2. The molecule has 1 atom stereocenters. The van der Waals surface area contributed by atoms with Crippen LogP contribution in [0, 0.1) is 0 Å². The highest BCUT2D eigenvalue weighted by atomic mass is 79.9. The van der Waals surface area contributed by atoms with Crippen molar-refractivity contribution in [3.05, 3.63) is 69.3 Å². The van der Waals surface area contributed by atoms with Crippen LogP contribution in [0.2, 0.25) is 0 Å². The summed E-state index contributed by atoms with van der Waals surface area (Å²) < 4.78 is 20.2. The van der Waals surface area contributed by atoms with Gasteiger partial charge in [-0.2, -0.15) is 4.68 Å². The molecule has 1 unspecified atom stereocenters. The lowest BCUT2D eigenvalue weighted by atomic mass is 9.94. The molecule has 0 radical (unpaired) electrons. The number of ether oxygens (including phenoxy) is 3. The van der Waals surface area contributed by atoms with Crippen molar-refractivity contribution in [1.82, 2.24) is 20.2 Å². The first-order valence-corrected chi connectivity index (χ1v) is 12.8. The number of rotatable bonds is 7. The van der Waals surface area contributed by atoms with E-state index in [9.17, 15) is 4.79 Å². The second kappa shape index (κ2) is 10.7. The van der Waals surface area contributed by atoms with Crippen LogP contribution in [0.3, 0.4) is 0 Å². The number of hydrogen-bond acceptors (Lipinski definition) is 8. The summed E-state index contributed by atoms with van der Waals surface area (Å²) in [7, 11) is 1.59. The van der Waals surface area contributed by atoms with E-state index in [4.69, 9.17) is 14.2 Å². The smallest absolute Gasteiger partial charge is 0.338 e. The Hall–Kier alpha value is -3.40. The van der Waals surface area contributed by atoms with Gasteiger partial charge in [0.1, 0.15) is 18.8 Å². The molecular weight excluding hydrogens is 526 g/mol. The van der Waals surface area contributed by atoms with Gasteiger partial charge < -0.3 is 19.5 Å². The van der Waals surface area contributed by atoms with Gasteiger partial charge in [-0.15, -0.1) is 0 Å². The van der Waals surface area contributed by atoms with E-state index in [1.165, 1.54) is 6.42 Å². The molecule has 9 nitrogen and oxygen atoms in total. The average molecular weight is 554 g/mol. The van der Waals surface area contributed by atoms with E-state index in [1.54, 1.807) is 11.8 Å². The van der Waals surface area contributed by atoms with Gasteiger partial charge in [0.15, 0.2) is 11.5 Å². The predicted octanol–water partition coefficient (Wildman–Crippen LogP) is 5.19. The summed E-state index contributed by atoms with van der Waals surface area (Å²) in [6.07, 6.45) is 5.06. The Morgan fingerprint density at radius 1 is 1.14 bits per heavy atom. The van der Waals surface area contributed by atoms with Crippen molar-refractivity contribution in [2.45, 2.75) is 57.8 Å². The van der Waals surface area contributed by atoms with Crippen molar-refractivity contribution >= 4 is 27.8 Å². The first-order chi connectivity index (χ1) is 17.5. The first kappa shape index (κ1) is 24.3. The molecule has 1 aromatic heterocycles. The molecule has 3 aromatic rings. The number of esters is 1. The van der Waals surface area contributed by atoms with E-state index in [-0.39, 0.29) is 12.1 Å². The highest BCUT2D eigenvalue weighted by Gasteiger charge is 2.36. The number of allylic oxidation sites excluding steroid dienone is 1. The SMILES string of the molecule is COc1cc(C2C(C(=O)OC3CCCCC3)=C(C)Nc3nnnn32)ccc1OCc1cccc(Br)c1. The normalized spacial score (nSPS) is 17.8. The molecule has 0 bridgehead atoms. The number of halogens is 1. The van der Waals surface area contributed by atoms with Gasteiger partial charge in [-0.25, -0.2) is 4.79 Å². The molecule has 1 saturated carbocycles. The number of fused-ring (bicyclic) bond motifs is 1. The predicted molar refractivity (Wildman–Crippen MR) is 137 cm³/mol. The zero-order chi connectivity index (χ0) is 25.1. The van der Waals surface area contributed by atoms with Crippen LogP contribution in [0.5, 0.6) is 11.5 Å². The lowest BCUT2D eigenvalue weighted by Crippen LogP contribution is -2.32. The van der Waals surface area contributed by atoms with E-state index in [0.29, 0.717) is 35.3 Å². The van der Waals surface area contributed by atoms with E-state index in [0.717, 1.165) is 41.3 Å². The molecule has 1 aliphatic carbocycles. The van der Waals surface area contributed by atoms with E-state index < -0.39 is 6.04 Å². The summed E-state index contributed by atoms with van der Waals surface area (Å²) in [5.41, 5.74) is 2.95. The monoisotopic (exact) mass is 553 g/mol. The minimum atomic E-state index is -0.569. The van der Waals surface area contributed by atoms with Crippen LogP contribution in [0.4, 0.5) is 5.95 Å². The minimum Gasteiger partial charge on any atom is -0.493 e. The molecule has 2 aromatic carbocycles. The highest BCUT2D eigenvalue weighted by Crippen LogP contribution is 2.39. The van der Waals surface area contributed by atoms with Crippen LogP contribution in [-0.2, 0) is 16.1 Å². The fourth-order valence-corrected chi connectivity index (χ4v) is 5.19. The van der Waals surface area contributed by atoms with Crippen LogP contribution in [0.15, 0.2) is 58.2 Å². The molecule has 10 heteroatoms. The molecule has 2 heterocycles. The van der Waals surface area contributed by atoms with E-state index >= 15 is 0 Å². The summed E-state index contributed by atoms with van der Waals surface area (Å²) in [5.74, 6) is 1.25. The molecule has 1 fully saturated rings. The Bertz CT molecular complexity index is 1280. The molecule has 0 saturated heterocycles. The Morgan fingerprint density at radius 3 is 2.75 bits per heavy atom. The first-order valence-electron chi connectivity index (χ1n) is 12.1. The average Bonchev–Trinajstić information content (AvgIpc) is 3.35. The lowest BCUT2D eigenvalue weighted by Gasteiger charge is -2.29. The number of tetrazole rings is 1. The molecular formula is C26H28BrN5O4. The van der Waals surface area contributed by atoms with Crippen molar-refractivity contribution in [2.24, 2.45) is 0 Å². The summed E-state index contributed by atoms with van der Waals surface area (Å²) >= 11 is 3.49. The van der Waals surface area contributed by atoms with Crippen LogP contribution in [-0.4, -0.2) is 39.4 Å². The summed E-state index contributed by atoms with van der Waals surface area (Å²) in [4.78, 5) is 13.4. The number of benzene rings is 2. The molecule has 36 heavy (non-hydrogen) atoms. The number of hydrogen-bond donors (Lipinski definition) is 1. The maximum atomic E-state index is 13.4. The third kappa shape index (κ3) is 5.09. The van der Waals surface area contributed by atoms with E-state index in [2.05, 4.69) is 36.8 Å². The van der Waals surface area contributed by atoms with Gasteiger partial charge >= 0.3 is 5.97 Å². The van der Waals surface area contributed by atoms with Gasteiger partial charge in [-0.3, -0.25) is 0 Å². The van der Waals surface area contributed by atoms with Crippen molar-refractivity contribution < 1.29 is 19.0 Å². The van der Waals surface area contributed by atoms with Crippen LogP contribution >= 0.6 is 15.9 Å². The molecule has 2 aliphatic rings. The van der Waals surface area contributed by atoms with Crippen LogP contribution in [0.25, 0.3) is 0 Å². The topological polar surface area (TPSA) is 100 Å². The van der Waals surface area contributed by atoms with Gasteiger partial charge in [0.2, 0.25) is 5.95 Å². The number of methoxy groups -OCH3 is 1. The fourth-order valence-electron chi connectivity index (χ4n) is 4.74. The summed E-state index contributed by atoms with van der Waals surface area (Å²) in [6.45, 7) is 2.23. The Labute approximate surface area is 217 Å². The van der Waals surface area contributed by atoms with Crippen molar-refractivity contribution in [2.75, 3.05) is 12.4 Å². The third-order valence-corrected chi connectivity index (χ3v) is 7.04. The Morgan fingerprint density at radius 2 is 1.97 bits per heavy atom. The number of anilines is 1. The second-order valence-electron chi connectivity index (χ2n) is 9.01. The fraction of sp³-hybridized carbons (Fsp3) is 0.385. The Kier molecular flexibility index (Phi) is 7.22. The van der Waals surface area contributed by atoms with Gasteiger partial charge in [-0.05, 0) is 78.4 Å². The highest BCUT2D eigenvalue weighted by molar-refractivity contribution is 9.10. The quantitative estimate of drug-likeness (QED) is 0.399. The van der Waals surface area contributed by atoms with Crippen molar-refractivity contribution in [3.63, 3.8) is 0 Å². The van der Waals surface area contributed by atoms with Gasteiger partial charge in [-0.1, -0.05) is 45.6 Å². The minimum absolute atomic E-state index is 0.0641. The molecule has 1 N–H and O–H groups in total. The number of carbonyl (C=O) groups is 1. The number of aromatic nitrogens is 4. The molecule has 0 amide bonds. The maximum Gasteiger partial charge on any atom is 0.338 e. The third-order valence-electron chi connectivity index (χ3n) is 6.55. The molecule has 0 spiro atoms. The van der Waals surface area contributed by atoms with Crippen LogP contribution < -0.4 is 14.8 Å².